The van der Waals surface area contributed by atoms with Gasteiger partial charge >= 0.3 is 0 Å². The van der Waals surface area contributed by atoms with E-state index in [-0.39, 0.29) is 30.9 Å². The zero-order valence-electron chi connectivity index (χ0n) is 12.3. The minimum Gasteiger partial charge on any atom is -0.459 e. The predicted molar refractivity (Wildman–Crippen MR) is 84.5 cm³/mol. The molecule has 2 aromatic rings. The van der Waals surface area contributed by atoms with Crippen LogP contribution in [0.3, 0.4) is 0 Å². The van der Waals surface area contributed by atoms with E-state index in [1.165, 1.54) is 11.3 Å². The summed E-state index contributed by atoms with van der Waals surface area (Å²) in [5, 5.41) is 14.7. The SMILES string of the molecule is Cc1ccc(-c2nc(CC(=O)N[C@@H]3C=C[C@H](CO)C3)cs2)o1. The van der Waals surface area contributed by atoms with Crippen LogP contribution in [0, 0.1) is 12.8 Å². The normalized spacial score (nSPS) is 20.5. The molecule has 1 aliphatic carbocycles. The second kappa shape index (κ2) is 6.46. The molecular formula is C16H18N2O3S. The van der Waals surface area contributed by atoms with E-state index in [1.807, 2.05) is 36.6 Å². The van der Waals surface area contributed by atoms with E-state index in [4.69, 9.17) is 9.52 Å². The number of carbonyl (C=O) groups excluding carboxylic acids is 1. The zero-order valence-corrected chi connectivity index (χ0v) is 13.1. The Morgan fingerprint density at radius 3 is 3.05 bits per heavy atom. The highest BCUT2D eigenvalue weighted by atomic mass is 32.1. The lowest BCUT2D eigenvalue weighted by Crippen LogP contribution is -2.34. The lowest BCUT2D eigenvalue weighted by atomic mass is 10.1. The molecule has 116 valence electrons. The van der Waals surface area contributed by atoms with Crippen LogP contribution >= 0.6 is 11.3 Å². The Bertz CT molecular complexity index is 689. The van der Waals surface area contributed by atoms with E-state index < -0.39 is 0 Å². The van der Waals surface area contributed by atoms with Crippen LogP contribution in [0.1, 0.15) is 17.9 Å². The summed E-state index contributed by atoms with van der Waals surface area (Å²) in [7, 11) is 0. The van der Waals surface area contributed by atoms with Crippen molar-refractivity contribution in [2.75, 3.05) is 6.61 Å². The summed E-state index contributed by atoms with van der Waals surface area (Å²) in [5.41, 5.74) is 0.743. The van der Waals surface area contributed by atoms with Gasteiger partial charge in [-0.3, -0.25) is 4.79 Å². The lowest BCUT2D eigenvalue weighted by molar-refractivity contribution is -0.120. The van der Waals surface area contributed by atoms with Gasteiger partial charge in [0.15, 0.2) is 10.8 Å². The van der Waals surface area contributed by atoms with E-state index in [0.29, 0.717) is 0 Å². The summed E-state index contributed by atoms with van der Waals surface area (Å²) in [4.78, 5) is 16.5. The van der Waals surface area contributed by atoms with Gasteiger partial charge in [0.25, 0.3) is 0 Å². The summed E-state index contributed by atoms with van der Waals surface area (Å²) < 4.78 is 5.53. The number of aliphatic hydroxyl groups excluding tert-OH is 1. The molecule has 2 atom stereocenters. The molecule has 0 unspecified atom stereocenters. The molecule has 5 nitrogen and oxygen atoms in total. The Kier molecular flexibility index (Phi) is 4.40. The van der Waals surface area contributed by atoms with Crippen molar-refractivity contribution in [2.45, 2.75) is 25.8 Å². The van der Waals surface area contributed by atoms with Gasteiger partial charge in [-0.15, -0.1) is 11.3 Å². The standard InChI is InChI=1S/C16H18N2O3S/c1-10-2-5-14(21-10)16-18-13(9-22-16)7-15(20)17-12-4-3-11(6-12)8-19/h2-5,9,11-12,19H,6-8H2,1H3,(H,17,20)/t11-,12+/m0/s1. The molecule has 0 fully saturated rings. The lowest BCUT2D eigenvalue weighted by Gasteiger charge is -2.12. The van der Waals surface area contributed by atoms with Crippen molar-refractivity contribution in [2.24, 2.45) is 5.92 Å². The van der Waals surface area contributed by atoms with E-state index in [1.54, 1.807) is 0 Å². The van der Waals surface area contributed by atoms with Crippen molar-refractivity contribution in [1.82, 2.24) is 10.3 Å². The summed E-state index contributed by atoms with van der Waals surface area (Å²) >= 11 is 1.47. The van der Waals surface area contributed by atoms with Crippen molar-refractivity contribution in [1.29, 1.82) is 0 Å². The molecule has 0 bridgehead atoms. The van der Waals surface area contributed by atoms with Crippen LogP contribution < -0.4 is 5.32 Å². The third-order valence-electron chi connectivity index (χ3n) is 3.60. The first kappa shape index (κ1) is 15.0. The largest absolute Gasteiger partial charge is 0.459 e. The quantitative estimate of drug-likeness (QED) is 0.830. The van der Waals surface area contributed by atoms with E-state index >= 15 is 0 Å². The number of hydrogen-bond donors (Lipinski definition) is 2. The Labute approximate surface area is 132 Å². The van der Waals surface area contributed by atoms with Crippen molar-refractivity contribution in [3.63, 3.8) is 0 Å². The summed E-state index contributed by atoms with van der Waals surface area (Å²) in [6.07, 6.45) is 4.91. The number of carbonyl (C=O) groups is 1. The molecule has 1 aliphatic rings. The highest BCUT2D eigenvalue weighted by Gasteiger charge is 2.20. The number of hydrogen-bond acceptors (Lipinski definition) is 5. The fourth-order valence-corrected chi connectivity index (χ4v) is 3.27. The van der Waals surface area contributed by atoms with Gasteiger partial charge in [0.2, 0.25) is 5.91 Å². The van der Waals surface area contributed by atoms with E-state index in [0.717, 1.165) is 28.6 Å². The van der Waals surface area contributed by atoms with Crippen molar-refractivity contribution >= 4 is 17.2 Å². The molecule has 0 aromatic carbocycles. The third-order valence-corrected chi connectivity index (χ3v) is 4.50. The molecule has 0 radical (unpaired) electrons. The minimum absolute atomic E-state index is 0.00970. The summed E-state index contributed by atoms with van der Waals surface area (Å²) in [5.74, 6) is 1.67. The average Bonchev–Trinajstić information content (AvgIpc) is 3.19. The van der Waals surface area contributed by atoms with Crippen LogP contribution in [0.4, 0.5) is 0 Å². The Balaban J connectivity index is 1.56. The summed E-state index contributed by atoms with van der Waals surface area (Å²) in [6.45, 7) is 2.01. The van der Waals surface area contributed by atoms with E-state index in [9.17, 15) is 4.79 Å². The van der Waals surface area contributed by atoms with Gasteiger partial charge in [-0.25, -0.2) is 4.98 Å². The van der Waals surface area contributed by atoms with Crippen LogP contribution in [0.25, 0.3) is 10.8 Å². The van der Waals surface area contributed by atoms with Gasteiger partial charge < -0.3 is 14.8 Å². The first-order valence-corrected chi connectivity index (χ1v) is 8.12. The third kappa shape index (κ3) is 3.45. The first-order chi connectivity index (χ1) is 10.6. The second-order valence-electron chi connectivity index (χ2n) is 5.47. The van der Waals surface area contributed by atoms with Gasteiger partial charge in [0.1, 0.15) is 5.76 Å². The number of amides is 1. The minimum atomic E-state index is -0.0549. The van der Waals surface area contributed by atoms with Crippen molar-refractivity contribution in [3.05, 3.63) is 41.1 Å². The van der Waals surface area contributed by atoms with Crippen LogP contribution in [-0.4, -0.2) is 28.6 Å². The Morgan fingerprint density at radius 1 is 1.50 bits per heavy atom. The number of rotatable bonds is 5. The fourth-order valence-electron chi connectivity index (χ4n) is 2.49. The maximum Gasteiger partial charge on any atom is 0.226 e. The van der Waals surface area contributed by atoms with E-state index in [2.05, 4.69) is 10.3 Å². The molecule has 0 saturated heterocycles. The van der Waals surface area contributed by atoms with Crippen LogP contribution in [0.2, 0.25) is 0 Å². The second-order valence-corrected chi connectivity index (χ2v) is 6.33. The van der Waals surface area contributed by atoms with Crippen LogP contribution in [0.15, 0.2) is 34.1 Å². The van der Waals surface area contributed by atoms with Crippen molar-refractivity contribution < 1.29 is 14.3 Å². The topological polar surface area (TPSA) is 75.4 Å². The molecule has 3 rings (SSSR count). The maximum atomic E-state index is 12.0. The number of aliphatic hydroxyl groups is 1. The number of nitrogens with one attached hydrogen (secondary N) is 1. The predicted octanol–water partition coefficient (Wildman–Crippen LogP) is 2.31. The first-order valence-electron chi connectivity index (χ1n) is 7.24. The highest BCUT2D eigenvalue weighted by molar-refractivity contribution is 7.13. The van der Waals surface area contributed by atoms with Gasteiger partial charge in [0, 0.05) is 23.9 Å². The molecule has 2 aromatic heterocycles. The van der Waals surface area contributed by atoms with Gasteiger partial charge in [0.05, 0.1) is 12.1 Å². The van der Waals surface area contributed by atoms with Gasteiger partial charge in [-0.2, -0.15) is 0 Å². The molecule has 2 N–H and O–H groups in total. The smallest absolute Gasteiger partial charge is 0.226 e. The number of thiazole rings is 1. The van der Waals surface area contributed by atoms with Gasteiger partial charge in [-0.1, -0.05) is 12.2 Å². The molecular weight excluding hydrogens is 300 g/mol. The zero-order chi connectivity index (χ0) is 15.5. The van der Waals surface area contributed by atoms with Gasteiger partial charge in [-0.05, 0) is 25.5 Å². The number of aryl methyl sites for hydroxylation is 1. The van der Waals surface area contributed by atoms with Crippen molar-refractivity contribution in [3.8, 4) is 10.8 Å². The maximum absolute atomic E-state index is 12.0. The molecule has 1 amide bonds. The fraction of sp³-hybridized carbons (Fsp3) is 0.375. The molecule has 6 heteroatoms. The number of nitrogens with zero attached hydrogens (tertiary/aromatic N) is 1. The molecule has 0 aliphatic heterocycles. The van der Waals surface area contributed by atoms with Crippen LogP contribution in [0.5, 0.6) is 0 Å². The number of aromatic nitrogens is 1. The summed E-state index contributed by atoms with van der Waals surface area (Å²) in [6, 6.07) is 3.79. The molecule has 0 saturated carbocycles. The molecule has 0 spiro atoms. The molecule has 22 heavy (non-hydrogen) atoms. The Hall–Kier alpha value is -1.92. The monoisotopic (exact) mass is 318 g/mol. The Morgan fingerprint density at radius 2 is 2.36 bits per heavy atom. The molecule has 2 heterocycles. The highest BCUT2D eigenvalue weighted by Crippen LogP contribution is 2.25. The average molecular weight is 318 g/mol. The van der Waals surface area contributed by atoms with Crippen LogP contribution in [-0.2, 0) is 11.2 Å². The number of furan rings is 1.